The topological polar surface area (TPSA) is 41.6 Å². The molecule has 1 aliphatic heterocycles. The van der Waals surface area contributed by atoms with Crippen molar-refractivity contribution < 1.29 is 9.53 Å². The summed E-state index contributed by atoms with van der Waals surface area (Å²) in [5, 5.41) is 5.25. The molecule has 0 radical (unpaired) electrons. The molecule has 1 aliphatic carbocycles. The zero-order valence-electron chi connectivity index (χ0n) is 11.9. The Labute approximate surface area is 124 Å². The summed E-state index contributed by atoms with van der Waals surface area (Å²) in [6.07, 6.45) is 1.05. The number of nitrogens with zero attached hydrogens (tertiary/aromatic N) is 1. The van der Waals surface area contributed by atoms with E-state index in [1.165, 1.54) is 4.88 Å². The molecule has 0 spiro atoms. The van der Waals surface area contributed by atoms with Crippen LogP contribution in [0.25, 0.3) is 0 Å². The number of ether oxygens (including phenoxy) is 1. The van der Waals surface area contributed by atoms with Gasteiger partial charge in [0, 0.05) is 30.4 Å². The second-order valence-corrected chi connectivity index (χ2v) is 6.72. The van der Waals surface area contributed by atoms with E-state index in [9.17, 15) is 4.79 Å². The molecule has 0 unspecified atom stereocenters. The van der Waals surface area contributed by atoms with Gasteiger partial charge in [-0.2, -0.15) is 0 Å². The standard InChI is InChI=1S/C15H22N2O2S/c1-11-9-12(11)15(18)16-10-13(14-3-2-8-20-14)17-4-6-19-7-5-17/h2-3,8,11-13H,4-7,9-10H2,1H3,(H,16,18)/t11-,12-,13+/m1/s1. The Morgan fingerprint density at radius 2 is 2.30 bits per heavy atom. The second kappa shape index (κ2) is 6.24. The minimum atomic E-state index is 0.229. The van der Waals surface area contributed by atoms with Crippen LogP contribution in [-0.4, -0.2) is 43.7 Å². The van der Waals surface area contributed by atoms with Gasteiger partial charge in [-0.25, -0.2) is 0 Å². The van der Waals surface area contributed by atoms with Crippen molar-refractivity contribution in [3.63, 3.8) is 0 Å². The summed E-state index contributed by atoms with van der Waals surface area (Å²) in [6, 6.07) is 4.53. The van der Waals surface area contributed by atoms with Crippen molar-refractivity contribution >= 4 is 17.2 Å². The van der Waals surface area contributed by atoms with Gasteiger partial charge in [-0.1, -0.05) is 13.0 Å². The van der Waals surface area contributed by atoms with E-state index in [2.05, 4.69) is 34.7 Å². The highest BCUT2D eigenvalue weighted by Gasteiger charge is 2.39. The third-order valence-electron chi connectivity index (χ3n) is 4.27. The maximum Gasteiger partial charge on any atom is 0.223 e. The Bertz CT molecular complexity index is 443. The van der Waals surface area contributed by atoms with E-state index in [0.717, 1.165) is 32.7 Å². The highest BCUT2D eigenvalue weighted by atomic mass is 32.1. The number of hydrogen-bond donors (Lipinski definition) is 1. The van der Waals surface area contributed by atoms with Gasteiger partial charge >= 0.3 is 0 Å². The van der Waals surface area contributed by atoms with Crippen LogP contribution < -0.4 is 5.32 Å². The highest BCUT2D eigenvalue weighted by Crippen LogP contribution is 2.37. The lowest BCUT2D eigenvalue weighted by molar-refractivity contribution is -0.122. The lowest BCUT2D eigenvalue weighted by Crippen LogP contribution is -2.43. The van der Waals surface area contributed by atoms with E-state index in [1.807, 2.05) is 0 Å². The first kappa shape index (κ1) is 14.0. The summed E-state index contributed by atoms with van der Waals surface area (Å²) in [5.41, 5.74) is 0. The van der Waals surface area contributed by atoms with Crippen molar-refractivity contribution in [2.75, 3.05) is 32.8 Å². The van der Waals surface area contributed by atoms with Crippen LogP contribution >= 0.6 is 11.3 Å². The smallest absolute Gasteiger partial charge is 0.223 e. The molecule has 1 amide bonds. The van der Waals surface area contributed by atoms with Gasteiger partial charge in [-0.15, -0.1) is 11.3 Å². The molecule has 1 aromatic rings. The van der Waals surface area contributed by atoms with Gasteiger partial charge in [-0.3, -0.25) is 9.69 Å². The number of carbonyl (C=O) groups is 1. The predicted octanol–water partition coefficient (Wildman–Crippen LogP) is 1.89. The molecular formula is C15H22N2O2S. The number of rotatable bonds is 5. The van der Waals surface area contributed by atoms with Gasteiger partial charge in [-0.05, 0) is 23.8 Å². The number of morpholine rings is 1. The van der Waals surface area contributed by atoms with Crippen LogP contribution in [0.2, 0.25) is 0 Å². The van der Waals surface area contributed by atoms with Crippen molar-refractivity contribution in [3.05, 3.63) is 22.4 Å². The first-order chi connectivity index (χ1) is 9.75. The van der Waals surface area contributed by atoms with Gasteiger partial charge in [0.15, 0.2) is 0 Å². The van der Waals surface area contributed by atoms with Crippen molar-refractivity contribution in [2.24, 2.45) is 11.8 Å². The number of nitrogens with one attached hydrogen (secondary N) is 1. The van der Waals surface area contributed by atoms with Gasteiger partial charge < -0.3 is 10.1 Å². The molecule has 4 nitrogen and oxygen atoms in total. The minimum absolute atomic E-state index is 0.229. The molecule has 3 atom stereocenters. The van der Waals surface area contributed by atoms with Crippen LogP contribution in [0.1, 0.15) is 24.3 Å². The fourth-order valence-corrected chi connectivity index (χ4v) is 3.66. The Kier molecular flexibility index (Phi) is 4.38. The van der Waals surface area contributed by atoms with E-state index < -0.39 is 0 Å². The number of hydrogen-bond acceptors (Lipinski definition) is 4. The summed E-state index contributed by atoms with van der Waals surface area (Å²) < 4.78 is 5.43. The maximum absolute atomic E-state index is 12.0. The molecule has 110 valence electrons. The Balaban J connectivity index is 1.61. The minimum Gasteiger partial charge on any atom is -0.379 e. The maximum atomic E-state index is 12.0. The van der Waals surface area contributed by atoms with Crippen LogP contribution in [-0.2, 0) is 9.53 Å². The number of thiophene rings is 1. The van der Waals surface area contributed by atoms with Crippen molar-refractivity contribution in [2.45, 2.75) is 19.4 Å². The second-order valence-electron chi connectivity index (χ2n) is 5.74. The van der Waals surface area contributed by atoms with Crippen molar-refractivity contribution in [1.82, 2.24) is 10.2 Å². The number of carbonyl (C=O) groups excluding carboxylic acids is 1. The zero-order chi connectivity index (χ0) is 13.9. The highest BCUT2D eigenvalue weighted by molar-refractivity contribution is 7.10. The lowest BCUT2D eigenvalue weighted by Gasteiger charge is -2.34. The molecule has 2 fully saturated rings. The van der Waals surface area contributed by atoms with Crippen molar-refractivity contribution in [3.8, 4) is 0 Å². The summed E-state index contributed by atoms with van der Waals surface area (Å²) >= 11 is 1.77. The summed E-state index contributed by atoms with van der Waals surface area (Å²) in [4.78, 5) is 15.8. The lowest BCUT2D eigenvalue weighted by atomic mass is 10.2. The van der Waals surface area contributed by atoms with E-state index in [4.69, 9.17) is 4.74 Å². The molecule has 3 rings (SSSR count). The van der Waals surface area contributed by atoms with Crippen LogP contribution in [0.15, 0.2) is 17.5 Å². The normalized spacial score (nSPS) is 28.1. The summed E-state index contributed by atoms with van der Waals surface area (Å²) in [5.74, 6) is 1.05. The summed E-state index contributed by atoms with van der Waals surface area (Å²) in [6.45, 7) is 6.31. The molecular weight excluding hydrogens is 272 g/mol. The van der Waals surface area contributed by atoms with Crippen LogP contribution in [0, 0.1) is 11.8 Å². The monoisotopic (exact) mass is 294 g/mol. The summed E-state index contributed by atoms with van der Waals surface area (Å²) in [7, 11) is 0. The molecule has 0 aromatic carbocycles. The molecule has 20 heavy (non-hydrogen) atoms. The van der Waals surface area contributed by atoms with E-state index in [0.29, 0.717) is 12.5 Å². The quantitative estimate of drug-likeness (QED) is 0.902. The third kappa shape index (κ3) is 3.22. The number of amides is 1. The first-order valence-electron chi connectivity index (χ1n) is 7.38. The Hall–Kier alpha value is -0.910. The molecule has 0 bridgehead atoms. The molecule has 1 saturated carbocycles. The van der Waals surface area contributed by atoms with Gasteiger partial charge in [0.1, 0.15) is 0 Å². The Morgan fingerprint density at radius 1 is 1.55 bits per heavy atom. The van der Waals surface area contributed by atoms with Crippen LogP contribution in [0.5, 0.6) is 0 Å². The average Bonchev–Trinajstić information content (AvgIpc) is 2.98. The molecule has 1 saturated heterocycles. The molecule has 5 heteroatoms. The molecule has 1 N–H and O–H groups in total. The van der Waals surface area contributed by atoms with Gasteiger partial charge in [0.25, 0.3) is 0 Å². The SMILES string of the molecule is C[C@@H]1C[C@H]1C(=O)NC[C@@H](c1cccs1)N1CCOCC1. The largest absolute Gasteiger partial charge is 0.379 e. The zero-order valence-corrected chi connectivity index (χ0v) is 12.7. The van der Waals surface area contributed by atoms with E-state index >= 15 is 0 Å². The van der Waals surface area contributed by atoms with E-state index in [1.54, 1.807) is 11.3 Å². The average molecular weight is 294 g/mol. The van der Waals surface area contributed by atoms with E-state index in [-0.39, 0.29) is 17.9 Å². The fourth-order valence-electron chi connectivity index (χ4n) is 2.80. The predicted molar refractivity (Wildman–Crippen MR) is 79.7 cm³/mol. The molecule has 2 aliphatic rings. The fraction of sp³-hybridized carbons (Fsp3) is 0.667. The molecule has 2 heterocycles. The van der Waals surface area contributed by atoms with Gasteiger partial charge in [0.05, 0.1) is 19.3 Å². The molecule has 1 aromatic heterocycles. The first-order valence-corrected chi connectivity index (χ1v) is 8.26. The Morgan fingerprint density at radius 3 is 2.90 bits per heavy atom. The van der Waals surface area contributed by atoms with Crippen LogP contribution in [0.3, 0.4) is 0 Å². The van der Waals surface area contributed by atoms with Gasteiger partial charge in [0.2, 0.25) is 5.91 Å². The third-order valence-corrected chi connectivity index (χ3v) is 5.25. The van der Waals surface area contributed by atoms with Crippen LogP contribution in [0.4, 0.5) is 0 Å². The van der Waals surface area contributed by atoms with Crippen molar-refractivity contribution in [1.29, 1.82) is 0 Å².